The SMILES string of the molecule is COC(=O)/C=C/C=C/CN(C(=O)C1=CC(OC)=CCC1)c1ccccc1. The Kier molecular flexibility index (Phi) is 7.43. The van der Waals surface area contributed by atoms with Gasteiger partial charge in [-0.1, -0.05) is 36.4 Å². The van der Waals surface area contributed by atoms with Crippen LogP contribution in [-0.2, 0) is 19.1 Å². The van der Waals surface area contributed by atoms with E-state index in [1.165, 1.54) is 13.2 Å². The number of anilines is 1. The van der Waals surface area contributed by atoms with Gasteiger partial charge in [-0.05, 0) is 37.1 Å². The highest BCUT2D eigenvalue weighted by molar-refractivity contribution is 6.06. The van der Waals surface area contributed by atoms with Crippen molar-refractivity contribution in [1.29, 1.82) is 0 Å². The first-order chi connectivity index (χ1) is 12.7. The molecule has 0 saturated heterocycles. The van der Waals surface area contributed by atoms with Gasteiger partial charge in [0, 0.05) is 23.9 Å². The lowest BCUT2D eigenvalue weighted by molar-refractivity contribution is -0.134. The molecule has 0 aromatic heterocycles. The number of rotatable bonds is 7. The second kappa shape index (κ2) is 10.0. The maximum Gasteiger partial charge on any atom is 0.330 e. The minimum atomic E-state index is -0.420. The number of hydrogen-bond donors (Lipinski definition) is 0. The lowest BCUT2D eigenvalue weighted by Crippen LogP contribution is -2.32. The first-order valence-corrected chi connectivity index (χ1v) is 8.38. The van der Waals surface area contributed by atoms with Gasteiger partial charge in [-0.15, -0.1) is 0 Å². The molecule has 1 aliphatic rings. The summed E-state index contributed by atoms with van der Waals surface area (Å²) in [5.74, 6) is 0.237. The third-order valence-electron chi connectivity index (χ3n) is 3.87. The number of carbonyl (C=O) groups is 2. The first-order valence-electron chi connectivity index (χ1n) is 8.38. The van der Waals surface area contributed by atoms with E-state index in [1.807, 2.05) is 42.5 Å². The van der Waals surface area contributed by atoms with Crippen molar-refractivity contribution in [1.82, 2.24) is 0 Å². The fraction of sp³-hybridized carbons (Fsp3) is 0.238. The number of carbonyl (C=O) groups excluding carboxylic acids is 2. The Morgan fingerprint density at radius 3 is 2.62 bits per heavy atom. The number of esters is 1. The van der Waals surface area contributed by atoms with Crippen molar-refractivity contribution in [3.05, 3.63) is 78.1 Å². The summed E-state index contributed by atoms with van der Waals surface area (Å²) in [4.78, 5) is 25.8. The van der Waals surface area contributed by atoms with Gasteiger partial charge in [-0.3, -0.25) is 4.79 Å². The summed E-state index contributed by atoms with van der Waals surface area (Å²) in [6, 6.07) is 9.49. The predicted octanol–water partition coefficient (Wildman–Crippen LogP) is 3.56. The highest BCUT2D eigenvalue weighted by atomic mass is 16.5. The van der Waals surface area contributed by atoms with Gasteiger partial charge in [0.25, 0.3) is 5.91 Å². The van der Waals surface area contributed by atoms with Crippen molar-refractivity contribution in [2.75, 3.05) is 25.7 Å². The number of amides is 1. The van der Waals surface area contributed by atoms with E-state index >= 15 is 0 Å². The average Bonchev–Trinajstić information content (AvgIpc) is 2.70. The smallest absolute Gasteiger partial charge is 0.330 e. The van der Waals surface area contributed by atoms with Crippen molar-refractivity contribution in [2.24, 2.45) is 0 Å². The molecule has 26 heavy (non-hydrogen) atoms. The lowest BCUT2D eigenvalue weighted by atomic mass is 10.0. The van der Waals surface area contributed by atoms with Crippen LogP contribution in [0, 0.1) is 0 Å². The van der Waals surface area contributed by atoms with Gasteiger partial charge in [-0.25, -0.2) is 4.79 Å². The van der Waals surface area contributed by atoms with Crippen molar-refractivity contribution >= 4 is 17.6 Å². The largest absolute Gasteiger partial charge is 0.497 e. The molecule has 0 N–H and O–H groups in total. The minimum Gasteiger partial charge on any atom is -0.497 e. The Bertz CT molecular complexity index is 745. The van der Waals surface area contributed by atoms with Gasteiger partial charge in [0.2, 0.25) is 0 Å². The van der Waals surface area contributed by atoms with E-state index in [-0.39, 0.29) is 5.91 Å². The van der Waals surface area contributed by atoms with Crippen LogP contribution < -0.4 is 4.90 Å². The molecule has 0 bridgehead atoms. The zero-order chi connectivity index (χ0) is 18.8. The van der Waals surface area contributed by atoms with Crippen LogP contribution >= 0.6 is 0 Å². The van der Waals surface area contributed by atoms with Gasteiger partial charge in [0.1, 0.15) is 5.76 Å². The monoisotopic (exact) mass is 353 g/mol. The number of allylic oxidation sites excluding steroid dienone is 4. The van der Waals surface area contributed by atoms with E-state index < -0.39 is 5.97 Å². The molecule has 0 radical (unpaired) electrons. The third kappa shape index (κ3) is 5.48. The van der Waals surface area contributed by atoms with E-state index in [2.05, 4.69) is 4.74 Å². The van der Waals surface area contributed by atoms with Gasteiger partial charge >= 0.3 is 5.97 Å². The van der Waals surface area contributed by atoms with Crippen LogP contribution in [0.5, 0.6) is 0 Å². The second-order valence-electron chi connectivity index (χ2n) is 5.58. The number of nitrogens with zero attached hydrogens (tertiary/aromatic N) is 1. The molecule has 2 rings (SSSR count). The highest BCUT2D eigenvalue weighted by Crippen LogP contribution is 2.23. The molecule has 0 saturated carbocycles. The number of methoxy groups -OCH3 is 2. The zero-order valence-corrected chi connectivity index (χ0v) is 15.1. The Hall–Kier alpha value is -3.08. The normalized spacial score (nSPS) is 14.1. The van der Waals surface area contributed by atoms with Crippen LogP contribution in [0.15, 0.2) is 78.1 Å². The van der Waals surface area contributed by atoms with E-state index in [1.54, 1.807) is 30.2 Å². The number of para-hydroxylation sites is 1. The molecule has 5 heteroatoms. The molecule has 0 aliphatic heterocycles. The van der Waals surface area contributed by atoms with E-state index in [0.29, 0.717) is 24.3 Å². The Morgan fingerprint density at radius 2 is 1.92 bits per heavy atom. The average molecular weight is 353 g/mol. The molecule has 1 aromatic rings. The zero-order valence-electron chi connectivity index (χ0n) is 15.1. The summed E-state index contributed by atoms with van der Waals surface area (Å²) >= 11 is 0. The van der Waals surface area contributed by atoms with Crippen LogP contribution in [-0.4, -0.2) is 32.6 Å². The molecule has 0 atom stereocenters. The summed E-state index contributed by atoms with van der Waals surface area (Å²) in [6.07, 6.45) is 11.7. The molecular formula is C21H23NO4. The molecule has 5 nitrogen and oxygen atoms in total. The van der Waals surface area contributed by atoms with Gasteiger partial charge in [0.15, 0.2) is 0 Å². The molecule has 136 valence electrons. The minimum absolute atomic E-state index is 0.0551. The summed E-state index contributed by atoms with van der Waals surface area (Å²) < 4.78 is 9.79. The molecule has 1 aromatic carbocycles. The lowest BCUT2D eigenvalue weighted by Gasteiger charge is -2.24. The number of benzene rings is 1. The molecule has 1 amide bonds. The maximum atomic E-state index is 13.0. The topological polar surface area (TPSA) is 55.8 Å². The molecular weight excluding hydrogens is 330 g/mol. The molecule has 0 heterocycles. The summed E-state index contributed by atoms with van der Waals surface area (Å²) in [5.41, 5.74) is 1.53. The first kappa shape index (κ1) is 19.2. The quantitative estimate of drug-likeness (QED) is 0.427. The Balaban J connectivity index is 2.17. The Morgan fingerprint density at radius 1 is 1.15 bits per heavy atom. The molecule has 0 fully saturated rings. The summed E-state index contributed by atoms with van der Waals surface area (Å²) in [5, 5.41) is 0. The van der Waals surface area contributed by atoms with Crippen LogP contribution in [0.2, 0.25) is 0 Å². The van der Waals surface area contributed by atoms with Crippen LogP contribution in [0.4, 0.5) is 5.69 Å². The Labute approximate surface area is 153 Å². The second-order valence-corrected chi connectivity index (χ2v) is 5.58. The van der Waals surface area contributed by atoms with Crippen LogP contribution in [0.1, 0.15) is 12.8 Å². The molecule has 0 spiro atoms. The fourth-order valence-electron chi connectivity index (χ4n) is 2.52. The third-order valence-corrected chi connectivity index (χ3v) is 3.87. The van der Waals surface area contributed by atoms with Gasteiger partial charge < -0.3 is 14.4 Å². The number of ether oxygens (including phenoxy) is 2. The van der Waals surface area contributed by atoms with Crippen LogP contribution in [0.25, 0.3) is 0 Å². The maximum absolute atomic E-state index is 13.0. The van der Waals surface area contributed by atoms with Crippen molar-refractivity contribution < 1.29 is 19.1 Å². The fourth-order valence-corrected chi connectivity index (χ4v) is 2.52. The highest BCUT2D eigenvalue weighted by Gasteiger charge is 2.20. The number of hydrogen-bond acceptors (Lipinski definition) is 4. The van der Waals surface area contributed by atoms with Gasteiger partial charge in [0.05, 0.1) is 14.2 Å². The molecule has 1 aliphatic carbocycles. The van der Waals surface area contributed by atoms with Gasteiger partial charge in [-0.2, -0.15) is 0 Å². The standard InChI is InChI=1S/C21H23NO4/c1-25-19-13-9-10-17(16-19)21(24)22(18-11-5-3-6-12-18)15-8-4-7-14-20(23)26-2/h3-8,11-14,16H,9-10,15H2,1-2H3/b8-4+,14-7+. The summed E-state index contributed by atoms with van der Waals surface area (Å²) in [7, 11) is 2.92. The van der Waals surface area contributed by atoms with Crippen molar-refractivity contribution in [2.45, 2.75) is 12.8 Å². The van der Waals surface area contributed by atoms with E-state index in [4.69, 9.17) is 4.74 Å². The van der Waals surface area contributed by atoms with Crippen molar-refractivity contribution in [3.63, 3.8) is 0 Å². The van der Waals surface area contributed by atoms with E-state index in [0.717, 1.165) is 12.1 Å². The van der Waals surface area contributed by atoms with E-state index in [9.17, 15) is 9.59 Å². The predicted molar refractivity (Wildman–Crippen MR) is 102 cm³/mol. The summed E-state index contributed by atoms with van der Waals surface area (Å²) in [6.45, 7) is 0.387. The molecule has 0 unspecified atom stereocenters. The van der Waals surface area contributed by atoms with Crippen molar-refractivity contribution in [3.8, 4) is 0 Å². The van der Waals surface area contributed by atoms with Crippen LogP contribution in [0.3, 0.4) is 0 Å².